The lowest BCUT2D eigenvalue weighted by atomic mass is 10.0. The Hall–Kier alpha value is -2.24. The second-order valence-electron chi connectivity index (χ2n) is 10.1. The fourth-order valence-electron chi connectivity index (χ4n) is 4.82. The number of benzene rings is 2. The summed E-state index contributed by atoms with van der Waals surface area (Å²) in [5.74, 6) is -0.153. The van der Waals surface area contributed by atoms with Gasteiger partial charge >= 0.3 is 0 Å². The first kappa shape index (κ1) is 27.8. The van der Waals surface area contributed by atoms with E-state index >= 15 is 0 Å². The molecule has 0 saturated heterocycles. The van der Waals surface area contributed by atoms with Crippen molar-refractivity contribution in [2.24, 2.45) is 5.92 Å². The summed E-state index contributed by atoms with van der Waals surface area (Å²) in [5.41, 5.74) is 3.01. The summed E-state index contributed by atoms with van der Waals surface area (Å²) in [5, 5.41) is 9.83. The Kier molecular flexibility index (Phi) is 8.16. The van der Waals surface area contributed by atoms with E-state index in [1.807, 2.05) is 13.8 Å². The maximum atomic E-state index is 13.7. The van der Waals surface area contributed by atoms with Crippen LogP contribution in [0.2, 0.25) is 0 Å². The first-order chi connectivity index (χ1) is 17.4. The lowest BCUT2D eigenvalue weighted by Crippen LogP contribution is -2.50. The number of hydrogen-bond donors (Lipinski definition) is 1. The average molecular weight is 549 g/mol. The number of rotatable bonds is 7. The van der Waals surface area contributed by atoms with Crippen molar-refractivity contribution in [3.05, 3.63) is 59.7 Å². The first-order valence-corrected chi connectivity index (χ1v) is 15.5. The number of fused-ring (bicyclic) bond motifs is 1. The molecule has 2 aliphatic rings. The zero-order valence-corrected chi connectivity index (χ0v) is 23.4. The van der Waals surface area contributed by atoms with Gasteiger partial charge in [-0.15, -0.1) is 0 Å². The van der Waals surface area contributed by atoms with Crippen molar-refractivity contribution in [1.82, 2.24) is 8.61 Å². The molecule has 1 heterocycles. The van der Waals surface area contributed by atoms with E-state index < -0.39 is 32.2 Å². The molecule has 10 heteroatoms. The lowest BCUT2D eigenvalue weighted by molar-refractivity contribution is 0.0904. The van der Waals surface area contributed by atoms with Crippen LogP contribution in [0.3, 0.4) is 0 Å². The highest BCUT2D eigenvalue weighted by molar-refractivity contribution is 7.89. The third-order valence-corrected chi connectivity index (χ3v) is 11.1. The van der Waals surface area contributed by atoms with Crippen LogP contribution < -0.4 is 4.74 Å². The van der Waals surface area contributed by atoms with E-state index in [2.05, 4.69) is 6.08 Å². The van der Waals surface area contributed by atoms with Gasteiger partial charge in [0.25, 0.3) is 0 Å². The lowest BCUT2D eigenvalue weighted by Gasteiger charge is -2.37. The van der Waals surface area contributed by atoms with Gasteiger partial charge in [-0.2, -0.15) is 8.61 Å². The van der Waals surface area contributed by atoms with Crippen LogP contribution in [-0.2, 0) is 20.0 Å². The second kappa shape index (κ2) is 10.9. The van der Waals surface area contributed by atoms with Crippen LogP contribution in [-0.4, -0.2) is 69.4 Å². The number of allylic oxidation sites excluding steroid dienone is 2. The number of aliphatic hydroxyl groups is 1. The molecule has 0 radical (unpaired) electrons. The fourth-order valence-corrected chi connectivity index (χ4v) is 7.83. The molecule has 1 aliphatic heterocycles. The van der Waals surface area contributed by atoms with Gasteiger partial charge in [0.1, 0.15) is 16.7 Å². The second-order valence-corrected chi connectivity index (χ2v) is 14.0. The van der Waals surface area contributed by atoms with Crippen LogP contribution in [0.5, 0.6) is 5.75 Å². The maximum absolute atomic E-state index is 13.7. The zero-order valence-electron chi connectivity index (χ0n) is 21.8. The number of aliphatic hydroxyl groups excluding tert-OH is 1. The number of ether oxygens (including phenoxy) is 1. The Morgan fingerprint density at radius 3 is 2.51 bits per heavy atom. The predicted octanol–water partition coefficient (Wildman–Crippen LogP) is 3.65. The zero-order chi connectivity index (χ0) is 27.0. The molecular weight excluding hydrogens is 512 g/mol. The molecule has 2 aromatic rings. The quantitative estimate of drug-likeness (QED) is 0.567. The fraction of sp³-hybridized carbons (Fsp3) is 0.481. The van der Waals surface area contributed by atoms with Gasteiger partial charge in [0, 0.05) is 25.6 Å². The van der Waals surface area contributed by atoms with Crippen molar-refractivity contribution in [2.45, 2.75) is 62.0 Å². The van der Waals surface area contributed by atoms with E-state index in [0.29, 0.717) is 0 Å². The largest absolute Gasteiger partial charge is 0.487 e. The molecule has 2 aromatic carbocycles. The third-order valence-electron chi connectivity index (χ3n) is 7.25. The molecule has 0 fully saturated rings. The minimum atomic E-state index is -3.96. The third kappa shape index (κ3) is 5.63. The topological polar surface area (TPSA) is 104 Å². The van der Waals surface area contributed by atoms with Gasteiger partial charge in [-0.05, 0) is 68.5 Å². The molecule has 0 aromatic heterocycles. The molecular formula is C27H36N2O6S2. The minimum Gasteiger partial charge on any atom is -0.487 e. The Bertz CT molecular complexity index is 1370. The summed E-state index contributed by atoms with van der Waals surface area (Å²) in [4.78, 5) is 0.212. The molecule has 1 aliphatic carbocycles. The normalized spacial score (nSPS) is 23.0. The van der Waals surface area contributed by atoms with E-state index in [9.17, 15) is 21.9 Å². The van der Waals surface area contributed by atoms with Crippen LogP contribution in [0.4, 0.5) is 0 Å². The molecule has 4 rings (SSSR count). The highest BCUT2D eigenvalue weighted by Crippen LogP contribution is 2.37. The SMILES string of the molecule is Cc1ccc(S(=O)(=O)N(C)C[C@H]2Oc3cc(C4=CCCC4)ccc3S(=O)(=O)N([C@@H](C)CO)C[C@@H]2C)cc1. The van der Waals surface area contributed by atoms with Gasteiger partial charge in [-0.25, -0.2) is 16.8 Å². The van der Waals surface area contributed by atoms with E-state index in [1.165, 1.54) is 15.7 Å². The van der Waals surface area contributed by atoms with Crippen molar-refractivity contribution in [1.29, 1.82) is 0 Å². The monoisotopic (exact) mass is 548 g/mol. The van der Waals surface area contributed by atoms with Gasteiger partial charge in [0.05, 0.1) is 18.0 Å². The van der Waals surface area contributed by atoms with Gasteiger partial charge in [-0.1, -0.05) is 36.8 Å². The first-order valence-electron chi connectivity index (χ1n) is 12.6. The Morgan fingerprint density at radius 2 is 1.89 bits per heavy atom. The highest BCUT2D eigenvalue weighted by atomic mass is 32.2. The van der Waals surface area contributed by atoms with E-state index in [0.717, 1.165) is 36.0 Å². The maximum Gasteiger partial charge on any atom is 0.247 e. The summed E-state index contributed by atoms with van der Waals surface area (Å²) in [6.45, 7) is 5.18. The molecule has 0 bridgehead atoms. The molecule has 0 spiro atoms. The molecule has 0 saturated carbocycles. The van der Waals surface area contributed by atoms with Gasteiger partial charge in [-0.3, -0.25) is 0 Å². The summed E-state index contributed by atoms with van der Waals surface area (Å²) < 4.78 is 62.9. The molecule has 0 amide bonds. The molecule has 3 atom stereocenters. The number of nitrogens with zero attached hydrogens (tertiary/aromatic N) is 2. The van der Waals surface area contributed by atoms with Crippen LogP contribution in [0.15, 0.2) is 58.3 Å². The van der Waals surface area contributed by atoms with Crippen molar-refractivity contribution in [2.75, 3.05) is 26.7 Å². The van der Waals surface area contributed by atoms with Crippen molar-refractivity contribution < 1.29 is 26.7 Å². The highest BCUT2D eigenvalue weighted by Gasteiger charge is 2.39. The number of sulfonamides is 2. The number of likely N-dealkylation sites (N-methyl/N-ethyl adjacent to an activating group) is 1. The Balaban J connectivity index is 1.74. The van der Waals surface area contributed by atoms with E-state index in [1.54, 1.807) is 49.4 Å². The van der Waals surface area contributed by atoms with Gasteiger partial charge in [0.2, 0.25) is 20.0 Å². The minimum absolute atomic E-state index is 0.0242. The van der Waals surface area contributed by atoms with Crippen LogP contribution in [0.25, 0.3) is 5.57 Å². The van der Waals surface area contributed by atoms with Crippen molar-refractivity contribution >= 4 is 25.6 Å². The van der Waals surface area contributed by atoms with E-state index in [-0.39, 0.29) is 41.2 Å². The summed E-state index contributed by atoms with van der Waals surface area (Å²) in [6.07, 6.45) is 4.47. The molecule has 202 valence electrons. The van der Waals surface area contributed by atoms with E-state index in [4.69, 9.17) is 4.74 Å². The Labute approximate surface area is 220 Å². The number of aryl methyl sites for hydroxylation is 1. The summed E-state index contributed by atoms with van der Waals surface area (Å²) in [7, 11) is -6.23. The van der Waals surface area contributed by atoms with Crippen LogP contribution in [0.1, 0.15) is 44.2 Å². The molecule has 8 nitrogen and oxygen atoms in total. The van der Waals surface area contributed by atoms with Gasteiger partial charge < -0.3 is 9.84 Å². The van der Waals surface area contributed by atoms with Crippen LogP contribution in [0, 0.1) is 12.8 Å². The standard InChI is InChI=1S/C27H36N2O6S2/c1-19-9-12-24(13-10-19)36(31,32)28(4)17-26-20(2)16-29(21(3)18-30)37(33,34)27-14-11-23(15-25(27)35-26)22-7-5-6-8-22/h7,9-15,20-21,26,30H,5-6,8,16-18H2,1-4H3/t20-,21-,26+/m0/s1. The summed E-state index contributed by atoms with van der Waals surface area (Å²) in [6, 6.07) is 11.1. The molecule has 1 N–H and O–H groups in total. The smallest absolute Gasteiger partial charge is 0.247 e. The van der Waals surface area contributed by atoms with Crippen molar-refractivity contribution in [3.8, 4) is 5.75 Å². The van der Waals surface area contributed by atoms with Gasteiger partial charge in [0.15, 0.2) is 0 Å². The Morgan fingerprint density at radius 1 is 1.19 bits per heavy atom. The van der Waals surface area contributed by atoms with Crippen LogP contribution >= 0.6 is 0 Å². The molecule has 37 heavy (non-hydrogen) atoms. The number of hydrogen-bond acceptors (Lipinski definition) is 6. The predicted molar refractivity (Wildman–Crippen MR) is 143 cm³/mol. The molecule has 0 unspecified atom stereocenters. The van der Waals surface area contributed by atoms with Crippen molar-refractivity contribution in [3.63, 3.8) is 0 Å². The average Bonchev–Trinajstić information content (AvgIpc) is 3.41. The summed E-state index contributed by atoms with van der Waals surface area (Å²) >= 11 is 0.